The van der Waals surface area contributed by atoms with E-state index in [9.17, 15) is 9.18 Å². The second-order valence-corrected chi connectivity index (χ2v) is 8.79. The predicted molar refractivity (Wildman–Crippen MR) is 118 cm³/mol. The van der Waals surface area contributed by atoms with Crippen molar-refractivity contribution in [3.05, 3.63) is 77.4 Å². The quantitative estimate of drug-likeness (QED) is 0.425. The number of methoxy groups -OCH3 is 1. The van der Waals surface area contributed by atoms with Crippen molar-refractivity contribution in [2.75, 3.05) is 12.4 Å². The molecule has 2 aromatic heterocycles. The van der Waals surface area contributed by atoms with E-state index in [1.165, 1.54) is 19.4 Å². The summed E-state index contributed by atoms with van der Waals surface area (Å²) in [5, 5.41) is 20.0. The molecule has 0 saturated heterocycles. The number of carbonyl (C=O) groups excluding carboxylic acids is 1. The number of nitriles is 1. The predicted octanol–water partition coefficient (Wildman–Crippen LogP) is 3.84. The molecule has 0 saturated carbocycles. The molecule has 2 heterocycles. The maximum atomic E-state index is 14.7. The normalized spacial score (nSPS) is 10.4. The summed E-state index contributed by atoms with van der Waals surface area (Å²) in [6, 6.07) is 15.2. The van der Waals surface area contributed by atoms with Gasteiger partial charge in [-0.15, -0.1) is 0 Å². The molecular formula is C23H16FN5O2Se. The van der Waals surface area contributed by atoms with Crippen LogP contribution in [0.1, 0.15) is 21.6 Å². The fourth-order valence-electron chi connectivity index (χ4n) is 3.13. The minimum absolute atomic E-state index is 0.194. The third-order valence-electron chi connectivity index (χ3n) is 4.66. The van der Waals surface area contributed by atoms with Crippen LogP contribution in [0.3, 0.4) is 0 Å². The molecule has 158 valence electrons. The number of anilines is 1. The second-order valence-electron chi connectivity index (χ2n) is 6.74. The Kier molecular flexibility index (Phi) is 6.08. The van der Waals surface area contributed by atoms with Gasteiger partial charge in [0.15, 0.2) is 0 Å². The number of halogens is 1. The molecule has 0 atom stereocenters. The van der Waals surface area contributed by atoms with Gasteiger partial charge in [-0.3, -0.25) is 0 Å². The van der Waals surface area contributed by atoms with Crippen LogP contribution in [0.5, 0.6) is 5.75 Å². The number of aromatic nitrogens is 3. The van der Waals surface area contributed by atoms with Crippen molar-refractivity contribution >= 4 is 25.1 Å². The van der Waals surface area contributed by atoms with Crippen molar-refractivity contribution in [1.29, 1.82) is 5.26 Å². The first kappa shape index (κ1) is 21.4. The molecule has 32 heavy (non-hydrogen) atoms. The molecule has 4 aromatic rings. The maximum absolute atomic E-state index is 14.7. The number of rotatable bonds is 5. The number of nitrogens with one attached hydrogen (secondary N) is 1. The zero-order valence-electron chi connectivity index (χ0n) is 17.1. The number of amides is 1. The first-order valence-corrected chi connectivity index (χ1v) is 11.2. The van der Waals surface area contributed by atoms with Gasteiger partial charge in [-0.05, 0) is 0 Å². The minimum atomic E-state index is -0.502. The number of hydrogen-bond donors (Lipinski definition) is 1. The average molecular weight is 492 g/mol. The second kappa shape index (κ2) is 9.10. The molecule has 1 N–H and O–H groups in total. The van der Waals surface area contributed by atoms with E-state index in [0.29, 0.717) is 27.3 Å². The van der Waals surface area contributed by atoms with Crippen LogP contribution in [-0.2, 0) is 0 Å². The van der Waals surface area contributed by atoms with Crippen molar-refractivity contribution in [1.82, 2.24) is 15.2 Å². The summed E-state index contributed by atoms with van der Waals surface area (Å²) < 4.78 is 21.2. The average Bonchev–Trinajstić information content (AvgIpc) is 3.27. The van der Waals surface area contributed by atoms with Crippen molar-refractivity contribution in [3.63, 3.8) is 0 Å². The Morgan fingerprint density at radius 3 is 2.69 bits per heavy atom. The summed E-state index contributed by atoms with van der Waals surface area (Å²) in [5.41, 5.74) is 2.80. The van der Waals surface area contributed by atoms with E-state index < -0.39 is 11.7 Å². The van der Waals surface area contributed by atoms with Crippen molar-refractivity contribution < 1.29 is 13.9 Å². The van der Waals surface area contributed by atoms with E-state index in [4.69, 9.17) is 10.00 Å². The molecule has 0 aliphatic heterocycles. The third-order valence-corrected chi connectivity index (χ3v) is 6.52. The van der Waals surface area contributed by atoms with Gasteiger partial charge in [0.05, 0.1) is 0 Å². The van der Waals surface area contributed by atoms with E-state index in [0.717, 1.165) is 10.1 Å². The van der Waals surface area contributed by atoms with Crippen LogP contribution < -0.4 is 10.1 Å². The number of aryl methyl sites for hydroxylation is 1. The van der Waals surface area contributed by atoms with E-state index in [2.05, 4.69) is 26.6 Å². The molecule has 0 unspecified atom stereocenters. The number of benzene rings is 2. The van der Waals surface area contributed by atoms with E-state index in [-0.39, 0.29) is 25.6 Å². The zero-order valence-corrected chi connectivity index (χ0v) is 18.8. The first-order chi connectivity index (χ1) is 15.5. The molecular weight excluding hydrogens is 476 g/mol. The third kappa shape index (κ3) is 4.28. The first-order valence-electron chi connectivity index (χ1n) is 9.45. The van der Waals surface area contributed by atoms with Crippen LogP contribution in [0.25, 0.3) is 21.3 Å². The van der Waals surface area contributed by atoms with Gasteiger partial charge in [-0.1, -0.05) is 0 Å². The van der Waals surface area contributed by atoms with Crippen molar-refractivity contribution in [2.45, 2.75) is 6.92 Å². The molecule has 0 bridgehead atoms. The molecule has 1 amide bonds. The Morgan fingerprint density at radius 1 is 1.19 bits per heavy atom. The zero-order chi connectivity index (χ0) is 22.7. The van der Waals surface area contributed by atoms with E-state index >= 15 is 0 Å². The van der Waals surface area contributed by atoms with Gasteiger partial charge in [0, 0.05) is 0 Å². The number of nitrogens with zero attached hydrogens (tertiary/aromatic N) is 4. The van der Waals surface area contributed by atoms with Crippen molar-refractivity contribution in [2.24, 2.45) is 0 Å². The monoisotopic (exact) mass is 493 g/mol. The van der Waals surface area contributed by atoms with Crippen LogP contribution >= 0.6 is 0 Å². The van der Waals surface area contributed by atoms with Crippen molar-refractivity contribution in [3.8, 4) is 33.1 Å². The van der Waals surface area contributed by atoms with Crippen LogP contribution in [0.2, 0.25) is 0 Å². The van der Waals surface area contributed by atoms with Crippen LogP contribution in [0, 0.1) is 24.1 Å². The Balaban J connectivity index is 1.66. The number of carbonyl (C=O) groups is 1. The van der Waals surface area contributed by atoms with Crippen LogP contribution in [0.15, 0.2) is 54.7 Å². The summed E-state index contributed by atoms with van der Waals surface area (Å²) >= 11 is -0.336. The van der Waals surface area contributed by atoms with Gasteiger partial charge >= 0.3 is 189 Å². The molecule has 0 aliphatic rings. The van der Waals surface area contributed by atoms with Gasteiger partial charge in [0.1, 0.15) is 0 Å². The molecule has 0 radical (unpaired) electrons. The van der Waals surface area contributed by atoms with E-state index in [1.54, 1.807) is 49.4 Å². The fraction of sp³-hybridized carbons (Fsp3) is 0.0870. The van der Waals surface area contributed by atoms with Gasteiger partial charge in [-0.25, -0.2) is 0 Å². The molecule has 4 rings (SSSR count). The number of pyridine rings is 1. The van der Waals surface area contributed by atoms with Gasteiger partial charge in [-0.2, -0.15) is 0 Å². The van der Waals surface area contributed by atoms with Gasteiger partial charge in [0.2, 0.25) is 0 Å². The SMILES string of the molecule is COc1cccc(F)c1-c1cc(C)ncc1C(=O)Nc1nnc(-c2ccc(C#N)cc2)[se]1. The Hall–Kier alpha value is -3.86. The summed E-state index contributed by atoms with van der Waals surface area (Å²) in [6.45, 7) is 1.76. The number of ether oxygens (including phenoxy) is 1. The van der Waals surface area contributed by atoms with Gasteiger partial charge in [0.25, 0.3) is 0 Å². The Morgan fingerprint density at radius 2 is 1.97 bits per heavy atom. The molecule has 0 aliphatic carbocycles. The Bertz CT molecular complexity index is 1350. The van der Waals surface area contributed by atoms with Gasteiger partial charge < -0.3 is 0 Å². The number of hydrogen-bond acceptors (Lipinski definition) is 6. The summed E-state index contributed by atoms with van der Waals surface area (Å²) in [6.07, 6.45) is 1.41. The standard InChI is InChI=1S/C23H16FN5O2Se/c1-13-10-16(20-18(24)4-3-5-19(20)31-2)17(12-26-13)21(30)27-23-29-28-22(32-23)15-8-6-14(11-25)7-9-15/h3-10,12H,1-2H3,(H,27,29,30). The summed E-state index contributed by atoms with van der Waals surface area (Å²) in [4.78, 5) is 17.3. The fourth-order valence-corrected chi connectivity index (χ4v) is 4.69. The molecule has 0 fully saturated rings. The van der Waals surface area contributed by atoms with E-state index in [1.807, 2.05) is 0 Å². The Labute approximate surface area is 189 Å². The molecule has 9 heteroatoms. The van der Waals surface area contributed by atoms with Crippen LogP contribution in [-0.4, -0.2) is 42.7 Å². The molecule has 0 spiro atoms. The molecule has 7 nitrogen and oxygen atoms in total. The molecule has 2 aromatic carbocycles. The topological polar surface area (TPSA) is 101 Å². The summed E-state index contributed by atoms with van der Waals surface area (Å²) in [7, 11) is 1.45. The summed E-state index contributed by atoms with van der Waals surface area (Å²) in [5.74, 6) is -0.647. The van der Waals surface area contributed by atoms with Crippen LogP contribution in [0.4, 0.5) is 9.08 Å².